The minimum atomic E-state index is -1.14. The predicted molar refractivity (Wildman–Crippen MR) is 125 cm³/mol. The average molecular weight is 489 g/mol. The number of ketones is 1. The first-order valence-electron chi connectivity index (χ1n) is 13.6. The lowest BCUT2D eigenvalue weighted by atomic mass is 9.43. The Labute approximate surface area is 207 Å². The molecule has 15 unspecified atom stereocenters. The quantitative estimate of drug-likeness (QED) is 0.512. The van der Waals surface area contributed by atoms with Gasteiger partial charge >= 0.3 is 0 Å². The summed E-state index contributed by atoms with van der Waals surface area (Å²) in [5.41, 5.74) is -3.15. The first-order chi connectivity index (χ1) is 16.3. The molecule has 4 aliphatic carbocycles. The van der Waals surface area contributed by atoms with Crippen LogP contribution in [-0.2, 0) is 19.0 Å². The van der Waals surface area contributed by atoms with Crippen LogP contribution in [0.25, 0.3) is 0 Å². The first-order valence-corrected chi connectivity index (χ1v) is 13.6. The highest BCUT2D eigenvalue weighted by molar-refractivity contribution is 5.97. The van der Waals surface area contributed by atoms with Gasteiger partial charge in [-0.05, 0) is 87.5 Å². The molecule has 3 heterocycles. The van der Waals surface area contributed by atoms with Gasteiger partial charge in [-0.15, -0.1) is 0 Å². The summed E-state index contributed by atoms with van der Waals surface area (Å²) >= 11 is 0. The van der Waals surface area contributed by atoms with Gasteiger partial charge in [0, 0.05) is 6.42 Å². The second-order valence-corrected chi connectivity index (χ2v) is 13.8. The van der Waals surface area contributed by atoms with Gasteiger partial charge in [0.05, 0.1) is 23.7 Å². The smallest absolute Gasteiger partial charge is 0.186 e. The van der Waals surface area contributed by atoms with E-state index in [1.165, 1.54) is 0 Å². The molecular weight excluding hydrogens is 448 g/mol. The highest BCUT2D eigenvalue weighted by Crippen LogP contribution is 2.72. The van der Waals surface area contributed by atoms with E-state index in [2.05, 4.69) is 13.8 Å². The number of aliphatic hydroxyl groups is 3. The van der Waals surface area contributed by atoms with Crippen molar-refractivity contribution in [2.24, 2.45) is 40.4 Å². The molecule has 0 aromatic carbocycles. The maximum absolute atomic E-state index is 13.3. The van der Waals surface area contributed by atoms with Crippen LogP contribution < -0.4 is 0 Å². The molecule has 7 rings (SSSR count). The van der Waals surface area contributed by atoms with E-state index in [0.29, 0.717) is 19.3 Å². The van der Waals surface area contributed by atoms with E-state index in [1.807, 2.05) is 20.8 Å². The molecule has 0 aromatic heterocycles. The van der Waals surface area contributed by atoms with Crippen molar-refractivity contribution in [2.45, 2.75) is 114 Å². The summed E-state index contributed by atoms with van der Waals surface area (Å²) in [6, 6.07) is 0. The van der Waals surface area contributed by atoms with Crippen molar-refractivity contribution in [3.05, 3.63) is 12.2 Å². The lowest BCUT2D eigenvalue weighted by molar-refractivity contribution is -0.208. The van der Waals surface area contributed by atoms with Crippen LogP contribution in [0.15, 0.2) is 12.2 Å². The molecule has 7 aliphatic rings. The minimum Gasteiger partial charge on any atom is -0.393 e. The molecule has 3 saturated carbocycles. The third kappa shape index (κ3) is 2.52. The lowest BCUT2D eigenvalue weighted by Crippen LogP contribution is -2.67. The summed E-state index contributed by atoms with van der Waals surface area (Å²) in [5, 5.41) is 33.9. The molecule has 194 valence electrons. The Bertz CT molecular complexity index is 1010. The number of allylic oxidation sites excluding steroid dienone is 1. The summed E-state index contributed by atoms with van der Waals surface area (Å²) in [5.74, 6) is 0.489. The topological polar surface area (TPSA) is 112 Å². The van der Waals surface area contributed by atoms with Crippen molar-refractivity contribution in [3.63, 3.8) is 0 Å². The van der Waals surface area contributed by atoms with Gasteiger partial charge in [0.1, 0.15) is 22.9 Å². The Kier molecular flexibility index (Phi) is 4.39. The van der Waals surface area contributed by atoms with E-state index >= 15 is 0 Å². The summed E-state index contributed by atoms with van der Waals surface area (Å²) in [6.07, 6.45) is 5.07. The molecule has 0 amide bonds. The number of carbonyl (C=O) groups excluding carboxylic acids is 1. The predicted octanol–water partition coefficient (Wildman–Crippen LogP) is 2.35. The van der Waals surface area contributed by atoms with E-state index in [9.17, 15) is 20.1 Å². The summed E-state index contributed by atoms with van der Waals surface area (Å²) in [6.45, 7) is 10.4. The van der Waals surface area contributed by atoms with Gasteiger partial charge in [-0.2, -0.15) is 0 Å². The first kappa shape index (κ1) is 23.3. The zero-order valence-corrected chi connectivity index (χ0v) is 21.4. The van der Waals surface area contributed by atoms with E-state index < -0.39 is 34.6 Å². The largest absolute Gasteiger partial charge is 0.393 e. The Morgan fingerprint density at radius 3 is 2.57 bits per heavy atom. The van der Waals surface area contributed by atoms with Crippen molar-refractivity contribution < 1.29 is 34.3 Å². The van der Waals surface area contributed by atoms with Crippen molar-refractivity contribution in [1.82, 2.24) is 0 Å². The van der Waals surface area contributed by atoms with Crippen LogP contribution in [0.4, 0.5) is 0 Å². The standard InChI is InChI=1S/C28H40O7/c1-13(17-12-25(3)27(5,35-25)23(31)33-17)20-16(29)11-15-19-14(8-10-24(15,20)2)26(4)18(30)7-6-9-28(26,32)22-21(19)34-22/h6-7,13-17,19-23,29,31-32H,8-12H2,1-5H3. The fourth-order valence-corrected chi connectivity index (χ4v) is 10.3. The maximum Gasteiger partial charge on any atom is 0.186 e. The van der Waals surface area contributed by atoms with Crippen LogP contribution >= 0.6 is 0 Å². The molecule has 0 spiro atoms. The molecule has 3 N–H and O–H groups in total. The summed E-state index contributed by atoms with van der Waals surface area (Å²) in [4.78, 5) is 13.3. The normalized spacial score (nSPS) is 64.9. The minimum absolute atomic E-state index is 0.0186. The molecule has 0 bridgehead atoms. The number of epoxide rings is 2. The third-order valence-electron chi connectivity index (χ3n) is 12.6. The van der Waals surface area contributed by atoms with Crippen LogP contribution in [0, 0.1) is 40.4 Å². The van der Waals surface area contributed by atoms with Crippen molar-refractivity contribution in [1.29, 1.82) is 0 Å². The maximum atomic E-state index is 13.3. The number of rotatable bonds is 2. The van der Waals surface area contributed by atoms with E-state index in [-0.39, 0.29) is 59.1 Å². The van der Waals surface area contributed by atoms with Crippen LogP contribution in [0.2, 0.25) is 0 Å². The Morgan fingerprint density at radius 2 is 1.86 bits per heavy atom. The average Bonchev–Trinajstić information content (AvgIpc) is 3.66. The van der Waals surface area contributed by atoms with Crippen LogP contribution in [0.3, 0.4) is 0 Å². The van der Waals surface area contributed by atoms with Gasteiger partial charge in [0.15, 0.2) is 12.1 Å². The Morgan fingerprint density at radius 1 is 1.11 bits per heavy atom. The molecule has 3 aliphatic heterocycles. The van der Waals surface area contributed by atoms with E-state index in [1.54, 1.807) is 12.2 Å². The number of carbonyl (C=O) groups is 1. The second kappa shape index (κ2) is 6.59. The molecule has 15 atom stereocenters. The third-order valence-corrected chi connectivity index (χ3v) is 12.6. The summed E-state index contributed by atoms with van der Waals surface area (Å²) in [7, 11) is 0. The van der Waals surface area contributed by atoms with Gasteiger partial charge in [-0.25, -0.2) is 0 Å². The number of ether oxygens (including phenoxy) is 3. The van der Waals surface area contributed by atoms with Crippen molar-refractivity contribution in [3.8, 4) is 0 Å². The molecule has 35 heavy (non-hydrogen) atoms. The van der Waals surface area contributed by atoms with E-state index in [0.717, 1.165) is 12.8 Å². The molecular formula is C28H40O7. The molecule has 6 fully saturated rings. The molecule has 7 heteroatoms. The van der Waals surface area contributed by atoms with Gasteiger partial charge in [-0.3, -0.25) is 4.79 Å². The fraction of sp³-hybridized carbons (Fsp3) is 0.893. The SMILES string of the molecule is CC(C1CC2(C)OC2(C)C(O)O1)C1C(O)CC2C3C4OC4C4(O)CC=CC(=O)C4(C)C3CCC21C. The van der Waals surface area contributed by atoms with Crippen molar-refractivity contribution >= 4 is 5.78 Å². The number of hydrogen-bond donors (Lipinski definition) is 3. The Hall–Kier alpha value is -0.830. The van der Waals surface area contributed by atoms with Gasteiger partial charge in [0.2, 0.25) is 0 Å². The zero-order chi connectivity index (χ0) is 24.9. The van der Waals surface area contributed by atoms with Gasteiger partial charge < -0.3 is 29.5 Å². The highest BCUT2D eigenvalue weighted by atomic mass is 16.7. The second-order valence-electron chi connectivity index (χ2n) is 13.8. The molecule has 0 radical (unpaired) electrons. The van der Waals surface area contributed by atoms with E-state index in [4.69, 9.17) is 14.2 Å². The lowest BCUT2D eigenvalue weighted by Gasteiger charge is -2.60. The van der Waals surface area contributed by atoms with Crippen LogP contribution in [0.5, 0.6) is 0 Å². The zero-order valence-electron chi connectivity index (χ0n) is 21.4. The van der Waals surface area contributed by atoms with Gasteiger partial charge in [0.25, 0.3) is 0 Å². The molecule has 0 aromatic rings. The monoisotopic (exact) mass is 488 g/mol. The highest BCUT2D eigenvalue weighted by Gasteiger charge is 2.78. The molecule has 7 nitrogen and oxygen atoms in total. The fourth-order valence-electron chi connectivity index (χ4n) is 10.3. The van der Waals surface area contributed by atoms with Crippen molar-refractivity contribution in [2.75, 3.05) is 0 Å². The van der Waals surface area contributed by atoms with Crippen LogP contribution in [0.1, 0.15) is 66.7 Å². The Balaban J connectivity index is 1.20. The van der Waals surface area contributed by atoms with Crippen LogP contribution in [-0.4, -0.2) is 68.6 Å². The number of aliphatic hydroxyl groups excluding tert-OH is 2. The van der Waals surface area contributed by atoms with Gasteiger partial charge in [-0.1, -0.05) is 19.9 Å². The summed E-state index contributed by atoms with van der Waals surface area (Å²) < 4.78 is 18.2. The number of hydrogen-bond acceptors (Lipinski definition) is 7. The number of fused-ring (bicyclic) bond motifs is 9. The molecule has 3 saturated heterocycles.